The first-order valence-electron chi connectivity index (χ1n) is 6.40. The minimum atomic E-state index is -0.769. The summed E-state index contributed by atoms with van der Waals surface area (Å²) < 4.78 is 0. The number of aliphatic hydroxyl groups excluding tert-OH is 1. The second-order valence-electron chi connectivity index (χ2n) is 4.94. The van der Waals surface area contributed by atoms with Crippen LogP contribution in [0.1, 0.15) is 20.3 Å². The molecule has 1 aromatic rings. The number of carbonyl (C=O) groups is 2. The molecule has 5 nitrogen and oxygen atoms in total. The van der Waals surface area contributed by atoms with Crippen LogP contribution in [0.3, 0.4) is 0 Å². The molecule has 0 aliphatic carbocycles. The molecule has 110 valence electrons. The summed E-state index contributed by atoms with van der Waals surface area (Å²) in [5, 5.41) is 14.7. The average Bonchev–Trinajstić information content (AvgIpc) is 2.39. The van der Waals surface area contributed by atoms with Gasteiger partial charge in [-0.3, -0.25) is 9.59 Å². The van der Waals surface area contributed by atoms with E-state index < -0.39 is 17.9 Å². The molecule has 1 aromatic carbocycles. The van der Waals surface area contributed by atoms with Gasteiger partial charge in [0, 0.05) is 10.7 Å². The first-order valence-corrected chi connectivity index (χ1v) is 6.78. The topological polar surface area (TPSA) is 78.4 Å². The van der Waals surface area contributed by atoms with Crippen molar-refractivity contribution in [3.63, 3.8) is 0 Å². The molecule has 6 heteroatoms. The Kier molecular flexibility index (Phi) is 6.48. The normalized spacial score (nSPS) is 12.1. The van der Waals surface area contributed by atoms with E-state index in [1.165, 1.54) is 0 Å². The molecular formula is C14H19ClN2O3. The van der Waals surface area contributed by atoms with Crippen molar-refractivity contribution in [3.05, 3.63) is 29.3 Å². The fraction of sp³-hybridized carbons (Fsp3) is 0.429. The number of carbonyl (C=O) groups excluding carboxylic acids is 2. The molecule has 2 amide bonds. The van der Waals surface area contributed by atoms with Crippen molar-refractivity contribution in [1.29, 1.82) is 0 Å². The summed E-state index contributed by atoms with van der Waals surface area (Å²) in [6.45, 7) is 3.75. The Labute approximate surface area is 123 Å². The lowest BCUT2D eigenvalue weighted by Crippen LogP contribution is -2.44. The zero-order chi connectivity index (χ0) is 15.1. The molecule has 0 aliphatic heterocycles. The Balaban J connectivity index is 2.54. The SMILES string of the molecule is CC(C)CC(CO)NC(=O)C(=O)Nc1ccc(Cl)cc1. The van der Waals surface area contributed by atoms with E-state index in [0.29, 0.717) is 23.0 Å². The summed E-state index contributed by atoms with van der Waals surface area (Å²) in [6, 6.07) is 6.02. The molecule has 0 saturated heterocycles. The van der Waals surface area contributed by atoms with Crippen molar-refractivity contribution in [2.75, 3.05) is 11.9 Å². The van der Waals surface area contributed by atoms with Crippen LogP contribution in [-0.4, -0.2) is 29.6 Å². The molecule has 0 spiro atoms. The van der Waals surface area contributed by atoms with Crippen molar-refractivity contribution >= 4 is 29.1 Å². The summed E-state index contributed by atoms with van der Waals surface area (Å²) in [5.74, 6) is -1.22. The van der Waals surface area contributed by atoms with Crippen molar-refractivity contribution in [3.8, 4) is 0 Å². The maximum absolute atomic E-state index is 11.7. The van der Waals surface area contributed by atoms with E-state index in [2.05, 4.69) is 10.6 Å². The Morgan fingerprint density at radius 3 is 2.30 bits per heavy atom. The molecule has 1 unspecified atom stereocenters. The van der Waals surface area contributed by atoms with Crippen molar-refractivity contribution in [2.24, 2.45) is 5.92 Å². The minimum Gasteiger partial charge on any atom is -0.394 e. The molecule has 0 aromatic heterocycles. The van der Waals surface area contributed by atoms with E-state index in [0.717, 1.165) is 0 Å². The summed E-state index contributed by atoms with van der Waals surface area (Å²) in [5.41, 5.74) is 0.485. The van der Waals surface area contributed by atoms with Gasteiger partial charge in [0.25, 0.3) is 0 Å². The van der Waals surface area contributed by atoms with E-state index >= 15 is 0 Å². The van der Waals surface area contributed by atoms with Crippen molar-refractivity contribution in [2.45, 2.75) is 26.3 Å². The van der Waals surface area contributed by atoms with Gasteiger partial charge in [-0.15, -0.1) is 0 Å². The highest BCUT2D eigenvalue weighted by Crippen LogP contribution is 2.13. The standard InChI is InChI=1S/C14H19ClN2O3/c1-9(2)7-12(8-18)17-14(20)13(19)16-11-5-3-10(15)4-6-11/h3-6,9,12,18H,7-8H2,1-2H3,(H,16,19)(H,17,20). The van der Waals surface area contributed by atoms with Crippen LogP contribution in [0.2, 0.25) is 5.02 Å². The van der Waals surface area contributed by atoms with Gasteiger partial charge < -0.3 is 15.7 Å². The molecule has 0 bridgehead atoms. The third-order valence-corrected chi connectivity index (χ3v) is 2.87. The maximum atomic E-state index is 11.7. The van der Waals surface area contributed by atoms with Crippen molar-refractivity contribution < 1.29 is 14.7 Å². The Morgan fingerprint density at radius 2 is 1.80 bits per heavy atom. The van der Waals surface area contributed by atoms with E-state index in [1.54, 1.807) is 24.3 Å². The molecule has 0 radical (unpaired) electrons. The number of rotatable bonds is 5. The zero-order valence-electron chi connectivity index (χ0n) is 11.5. The summed E-state index contributed by atoms with van der Waals surface area (Å²) in [6.07, 6.45) is 0.608. The number of hydrogen-bond acceptors (Lipinski definition) is 3. The molecular weight excluding hydrogens is 280 g/mol. The lowest BCUT2D eigenvalue weighted by atomic mass is 10.0. The van der Waals surface area contributed by atoms with Crippen LogP contribution in [-0.2, 0) is 9.59 Å². The Hall–Kier alpha value is -1.59. The number of aliphatic hydroxyl groups is 1. The summed E-state index contributed by atoms with van der Waals surface area (Å²) >= 11 is 5.73. The number of benzene rings is 1. The summed E-state index contributed by atoms with van der Waals surface area (Å²) in [7, 11) is 0. The van der Waals surface area contributed by atoms with Gasteiger partial charge >= 0.3 is 11.8 Å². The highest BCUT2D eigenvalue weighted by molar-refractivity contribution is 6.39. The zero-order valence-corrected chi connectivity index (χ0v) is 12.3. The smallest absolute Gasteiger partial charge is 0.313 e. The Bertz CT molecular complexity index is 460. The predicted octanol–water partition coefficient (Wildman–Crippen LogP) is 1.80. The van der Waals surface area contributed by atoms with Gasteiger partial charge in [-0.25, -0.2) is 0 Å². The van der Waals surface area contributed by atoms with Gasteiger partial charge in [0.1, 0.15) is 0 Å². The third kappa shape index (κ3) is 5.59. The second-order valence-corrected chi connectivity index (χ2v) is 5.38. The number of halogens is 1. The average molecular weight is 299 g/mol. The second kappa shape index (κ2) is 7.87. The largest absolute Gasteiger partial charge is 0.394 e. The van der Waals surface area contributed by atoms with Gasteiger partial charge in [-0.2, -0.15) is 0 Å². The van der Waals surface area contributed by atoms with E-state index in [1.807, 2.05) is 13.8 Å². The van der Waals surface area contributed by atoms with Gasteiger partial charge in [-0.05, 0) is 36.6 Å². The molecule has 0 heterocycles. The van der Waals surface area contributed by atoms with Crippen LogP contribution in [0.4, 0.5) is 5.69 Å². The third-order valence-electron chi connectivity index (χ3n) is 2.62. The van der Waals surface area contributed by atoms with Crippen LogP contribution in [0.5, 0.6) is 0 Å². The van der Waals surface area contributed by atoms with Crippen molar-refractivity contribution in [1.82, 2.24) is 5.32 Å². The first kappa shape index (κ1) is 16.5. The first-order chi connectivity index (χ1) is 9.42. The molecule has 1 rings (SSSR count). The highest BCUT2D eigenvalue weighted by atomic mass is 35.5. The minimum absolute atomic E-state index is 0.196. The van der Waals surface area contributed by atoms with Crippen LogP contribution in [0.25, 0.3) is 0 Å². The molecule has 0 fully saturated rings. The Morgan fingerprint density at radius 1 is 1.20 bits per heavy atom. The fourth-order valence-corrected chi connectivity index (χ4v) is 1.85. The number of anilines is 1. The molecule has 1 atom stereocenters. The van der Waals surface area contributed by atoms with Gasteiger partial charge in [-0.1, -0.05) is 25.4 Å². The lowest BCUT2D eigenvalue weighted by Gasteiger charge is -2.17. The highest BCUT2D eigenvalue weighted by Gasteiger charge is 2.19. The predicted molar refractivity (Wildman–Crippen MR) is 78.6 cm³/mol. The van der Waals surface area contributed by atoms with E-state index in [4.69, 9.17) is 16.7 Å². The van der Waals surface area contributed by atoms with Crippen LogP contribution < -0.4 is 10.6 Å². The molecule has 20 heavy (non-hydrogen) atoms. The van der Waals surface area contributed by atoms with Crippen LogP contribution in [0.15, 0.2) is 24.3 Å². The number of nitrogens with one attached hydrogen (secondary N) is 2. The maximum Gasteiger partial charge on any atom is 0.313 e. The van der Waals surface area contributed by atoms with Crippen LogP contribution >= 0.6 is 11.6 Å². The fourth-order valence-electron chi connectivity index (χ4n) is 1.72. The van der Waals surface area contributed by atoms with E-state index in [-0.39, 0.29) is 6.61 Å². The number of hydrogen-bond donors (Lipinski definition) is 3. The number of amides is 2. The summed E-state index contributed by atoms with van der Waals surface area (Å²) in [4.78, 5) is 23.4. The monoisotopic (exact) mass is 298 g/mol. The quantitative estimate of drug-likeness (QED) is 0.725. The molecule has 3 N–H and O–H groups in total. The van der Waals surface area contributed by atoms with Crippen LogP contribution in [0, 0.1) is 5.92 Å². The van der Waals surface area contributed by atoms with Gasteiger partial charge in [0.15, 0.2) is 0 Å². The van der Waals surface area contributed by atoms with E-state index in [9.17, 15) is 9.59 Å². The molecule has 0 aliphatic rings. The van der Waals surface area contributed by atoms with Gasteiger partial charge in [0.05, 0.1) is 12.6 Å². The lowest BCUT2D eigenvalue weighted by molar-refractivity contribution is -0.136. The molecule has 0 saturated carbocycles. The van der Waals surface area contributed by atoms with Gasteiger partial charge in [0.2, 0.25) is 0 Å².